The number of rotatable bonds is 3. The van der Waals surface area contributed by atoms with Gasteiger partial charge in [-0.1, -0.05) is 13.8 Å². The highest BCUT2D eigenvalue weighted by Crippen LogP contribution is 2.31. The highest BCUT2D eigenvalue weighted by Gasteiger charge is 2.29. The first kappa shape index (κ1) is 10.2. The van der Waals surface area contributed by atoms with Crippen LogP contribution in [0.1, 0.15) is 25.6 Å². The molecule has 0 radical (unpaired) electrons. The molecule has 13 heavy (non-hydrogen) atoms. The van der Waals surface area contributed by atoms with Gasteiger partial charge in [0.2, 0.25) is 0 Å². The van der Waals surface area contributed by atoms with Crippen LogP contribution in [0.4, 0.5) is 0 Å². The number of aliphatic hydroxyl groups excluding tert-OH is 1. The first-order valence-corrected chi connectivity index (χ1v) is 4.33. The minimum atomic E-state index is -0.565. The van der Waals surface area contributed by atoms with Crippen molar-refractivity contribution in [3.8, 4) is 0 Å². The molecule has 0 aromatic carbocycles. The minimum Gasteiger partial charge on any atom is -0.386 e. The van der Waals surface area contributed by atoms with E-state index in [1.54, 1.807) is 12.5 Å². The molecule has 74 valence electrons. The van der Waals surface area contributed by atoms with E-state index in [4.69, 9.17) is 5.73 Å². The smallest absolute Gasteiger partial charge is 0.102 e. The van der Waals surface area contributed by atoms with E-state index in [-0.39, 0.29) is 5.41 Å². The van der Waals surface area contributed by atoms with Crippen molar-refractivity contribution in [1.29, 1.82) is 0 Å². The summed E-state index contributed by atoms with van der Waals surface area (Å²) in [4.78, 5) is 3.95. The van der Waals surface area contributed by atoms with E-state index in [9.17, 15) is 5.11 Å². The lowest BCUT2D eigenvalue weighted by Crippen LogP contribution is -2.31. The number of nitrogens with two attached hydrogens (primary N) is 1. The third-order valence-corrected chi connectivity index (χ3v) is 2.40. The van der Waals surface area contributed by atoms with Gasteiger partial charge in [-0.25, -0.2) is 4.98 Å². The molecule has 0 fully saturated rings. The standard InChI is InChI=1S/C9H17N3O/c1-9(2,5-10)8(13)7-4-11-6-12(7)3/h4,6,8,13H,5,10H2,1-3H3. The molecular weight excluding hydrogens is 166 g/mol. The molecular formula is C9H17N3O. The van der Waals surface area contributed by atoms with E-state index >= 15 is 0 Å². The van der Waals surface area contributed by atoms with Crippen LogP contribution in [-0.2, 0) is 7.05 Å². The molecule has 0 aliphatic carbocycles. The lowest BCUT2D eigenvalue weighted by atomic mass is 9.85. The molecule has 0 bridgehead atoms. The number of aryl methyl sites for hydroxylation is 1. The Labute approximate surface area is 78.4 Å². The van der Waals surface area contributed by atoms with Gasteiger partial charge in [0.05, 0.1) is 18.2 Å². The summed E-state index contributed by atoms with van der Waals surface area (Å²) in [6.45, 7) is 4.31. The summed E-state index contributed by atoms with van der Waals surface area (Å²) in [7, 11) is 1.86. The molecule has 4 nitrogen and oxygen atoms in total. The predicted octanol–water partition coefficient (Wildman–Crippen LogP) is 0.438. The average molecular weight is 183 g/mol. The highest BCUT2D eigenvalue weighted by atomic mass is 16.3. The highest BCUT2D eigenvalue weighted by molar-refractivity contribution is 5.06. The molecule has 3 N–H and O–H groups in total. The second-order valence-corrected chi connectivity index (χ2v) is 4.02. The molecule has 4 heteroatoms. The van der Waals surface area contributed by atoms with E-state index in [2.05, 4.69) is 4.98 Å². The van der Waals surface area contributed by atoms with Crippen LogP contribution in [0, 0.1) is 5.41 Å². The van der Waals surface area contributed by atoms with Crippen molar-refractivity contribution in [2.24, 2.45) is 18.2 Å². The van der Waals surface area contributed by atoms with Crippen molar-refractivity contribution < 1.29 is 5.11 Å². The van der Waals surface area contributed by atoms with Gasteiger partial charge in [-0.3, -0.25) is 0 Å². The first-order valence-electron chi connectivity index (χ1n) is 4.33. The number of hydrogen-bond donors (Lipinski definition) is 2. The summed E-state index contributed by atoms with van der Waals surface area (Å²) in [5.41, 5.74) is 6.06. The van der Waals surface area contributed by atoms with Gasteiger partial charge in [-0.15, -0.1) is 0 Å². The zero-order chi connectivity index (χ0) is 10.1. The number of imidazole rings is 1. The van der Waals surface area contributed by atoms with Crippen molar-refractivity contribution in [1.82, 2.24) is 9.55 Å². The van der Waals surface area contributed by atoms with Crippen LogP contribution in [0.2, 0.25) is 0 Å². The summed E-state index contributed by atoms with van der Waals surface area (Å²) >= 11 is 0. The van der Waals surface area contributed by atoms with Crippen molar-refractivity contribution in [2.75, 3.05) is 6.54 Å². The maximum atomic E-state index is 9.98. The average Bonchev–Trinajstić information content (AvgIpc) is 2.50. The lowest BCUT2D eigenvalue weighted by Gasteiger charge is -2.28. The van der Waals surface area contributed by atoms with Gasteiger partial charge in [0.25, 0.3) is 0 Å². The third kappa shape index (κ3) is 1.89. The molecule has 0 amide bonds. The summed E-state index contributed by atoms with van der Waals surface area (Å²) < 4.78 is 1.81. The summed E-state index contributed by atoms with van der Waals surface area (Å²) in [6, 6.07) is 0. The van der Waals surface area contributed by atoms with Crippen LogP contribution >= 0.6 is 0 Å². The fourth-order valence-electron chi connectivity index (χ4n) is 1.14. The Morgan fingerprint density at radius 2 is 2.31 bits per heavy atom. The Hall–Kier alpha value is -0.870. The summed E-state index contributed by atoms with van der Waals surface area (Å²) in [5, 5.41) is 9.98. The maximum Gasteiger partial charge on any atom is 0.102 e. The van der Waals surface area contributed by atoms with Gasteiger partial charge in [0.1, 0.15) is 6.10 Å². The Morgan fingerprint density at radius 3 is 2.69 bits per heavy atom. The SMILES string of the molecule is Cn1cncc1C(O)C(C)(C)CN. The fourth-order valence-corrected chi connectivity index (χ4v) is 1.14. The number of nitrogens with zero attached hydrogens (tertiary/aromatic N) is 2. The topological polar surface area (TPSA) is 64.1 Å². The zero-order valence-corrected chi connectivity index (χ0v) is 8.36. The van der Waals surface area contributed by atoms with Gasteiger partial charge >= 0.3 is 0 Å². The van der Waals surface area contributed by atoms with E-state index in [1.165, 1.54) is 0 Å². The molecule has 1 rings (SSSR count). The number of aromatic nitrogens is 2. The van der Waals surface area contributed by atoms with Crippen LogP contribution in [0.25, 0.3) is 0 Å². The fraction of sp³-hybridized carbons (Fsp3) is 0.667. The Bertz CT molecular complexity index is 280. The van der Waals surface area contributed by atoms with Crippen molar-refractivity contribution in [3.05, 3.63) is 18.2 Å². The summed E-state index contributed by atoms with van der Waals surface area (Å²) in [5.74, 6) is 0. The van der Waals surface area contributed by atoms with Gasteiger partial charge in [-0.2, -0.15) is 0 Å². The van der Waals surface area contributed by atoms with Crippen LogP contribution in [0.15, 0.2) is 12.5 Å². The minimum absolute atomic E-state index is 0.312. The van der Waals surface area contributed by atoms with Crippen LogP contribution in [-0.4, -0.2) is 21.2 Å². The van der Waals surface area contributed by atoms with E-state index in [0.29, 0.717) is 6.54 Å². The molecule has 1 atom stereocenters. The van der Waals surface area contributed by atoms with Crippen LogP contribution in [0.5, 0.6) is 0 Å². The third-order valence-electron chi connectivity index (χ3n) is 2.40. The van der Waals surface area contributed by atoms with Gasteiger partial charge in [0, 0.05) is 19.0 Å². The quantitative estimate of drug-likeness (QED) is 0.714. The van der Waals surface area contributed by atoms with Gasteiger partial charge in [0.15, 0.2) is 0 Å². The van der Waals surface area contributed by atoms with Crippen molar-refractivity contribution in [2.45, 2.75) is 20.0 Å². The zero-order valence-electron chi connectivity index (χ0n) is 8.36. The predicted molar refractivity (Wildman–Crippen MR) is 51.0 cm³/mol. The van der Waals surface area contributed by atoms with E-state index in [0.717, 1.165) is 5.69 Å². The van der Waals surface area contributed by atoms with Crippen LogP contribution < -0.4 is 5.73 Å². The first-order chi connectivity index (χ1) is 5.99. The van der Waals surface area contributed by atoms with E-state index < -0.39 is 6.10 Å². The molecule has 0 aliphatic rings. The normalized spacial score (nSPS) is 14.5. The van der Waals surface area contributed by atoms with Gasteiger partial charge < -0.3 is 15.4 Å². The lowest BCUT2D eigenvalue weighted by molar-refractivity contribution is 0.0495. The Kier molecular flexibility index (Phi) is 2.73. The maximum absolute atomic E-state index is 9.98. The summed E-state index contributed by atoms with van der Waals surface area (Å²) in [6.07, 6.45) is 2.78. The molecule has 0 spiro atoms. The molecule has 1 unspecified atom stereocenters. The van der Waals surface area contributed by atoms with E-state index in [1.807, 2.05) is 25.5 Å². The monoisotopic (exact) mass is 183 g/mol. The second kappa shape index (κ2) is 3.47. The van der Waals surface area contributed by atoms with Crippen molar-refractivity contribution >= 4 is 0 Å². The molecule has 1 heterocycles. The van der Waals surface area contributed by atoms with Gasteiger partial charge in [-0.05, 0) is 0 Å². The number of hydrogen-bond acceptors (Lipinski definition) is 3. The molecule has 1 aromatic heterocycles. The number of aliphatic hydroxyl groups is 1. The Morgan fingerprint density at radius 1 is 1.69 bits per heavy atom. The Balaban J connectivity index is 2.91. The molecule has 0 aliphatic heterocycles. The van der Waals surface area contributed by atoms with Crippen LogP contribution in [0.3, 0.4) is 0 Å². The molecule has 1 aromatic rings. The second-order valence-electron chi connectivity index (χ2n) is 4.02. The van der Waals surface area contributed by atoms with Crippen molar-refractivity contribution in [3.63, 3.8) is 0 Å². The molecule has 0 saturated carbocycles. The molecule has 0 saturated heterocycles. The largest absolute Gasteiger partial charge is 0.386 e.